The topological polar surface area (TPSA) is 69.9 Å². The van der Waals surface area contributed by atoms with Gasteiger partial charge < -0.3 is 19.8 Å². The van der Waals surface area contributed by atoms with Crippen LogP contribution < -0.4 is 10.2 Å². The van der Waals surface area contributed by atoms with E-state index in [1.165, 1.54) is 31.4 Å². The lowest BCUT2D eigenvalue weighted by molar-refractivity contribution is 0.249. The van der Waals surface area contributed by atoms with Crippen LogP contribution in [0.25, 0.3) is 0 Å². The van der Waals surface area contributed by atoms with Crippen LogP contribution in [0.3, 0.4) is 0 Å². The summed E-state index contributed by atoms with van der Waals surface area (Å²) in [6.07, 6.45) is 0. The molecule has 0 aliphatic carbocycles. The smallest absolute Gasteiger partial charge is 0.402 e. The molecule has 0 aliphatic heterocycles. The number of hydrogen-bond donors (Lipinski definition) is 3. The fraction of sp³-hybridized carbons (Fsp3) is 0.143. The van der Waals surface area contributed by atoms with Crippen LogP contribution in [0.4, 0.5) is 0 Å². The van der Waals surface area contributed by atoms with Crippen LogP contribution in [0, 0.1) is 0 Å². The summed E-state index contributed by atoms with van der Waals surface area (Å²) in [5.74, 6) is 0.596. The molecule has 3 N–H and O–H groups in total. The lowest BCUT2D eigenvalue weighted by Crippen LogP contribution is -2.48. The zero-order chi connectivity index (χ0) is 9.19. The summed E-state index contributed by atoms with van der Waals surface area (Å²) in [7, 11) is 1.50. The lowest BCUT2D eigenvalue weighted by atomic mass is 9.71. The van der Waals surface area contributed by atoms with Crippen LogP contribution in [0.15, 0.2) is 24.3 Å². The summed E-state index contributed by atoms with van der Waals surface area (Å²) in [4.78, 5) is 0. The molecule has 0 bridgehead atoms. The van der Waals surface area contributed by atoms with Gasteiger partial charge in [0.2, 0.25) is 0 Å². The highest BCUT2D eigenvalue weighted by Crippen LogP contribution is 2.06. The Morgan fingerprint density at radius 3 is 1.92 bits per heavy atom. The van der Waals surface area contributed by atoms with Gasteiger partial charge in [-0.3, -0.25) is 0 Å². The molecule has 0 heterocycles. The second kappa shape index (κ2) is 3.14. The van der Waals surface area contributed by atoms with Crippen LogP contribution in [-0.2, 0) is 0 Å². The van der Waals surface area contributed by atoms with Crippen LogP contribution in [-0.4, -0.2) is 28.9 Å². The third-order valence-corrected chi connectivity index (χ3v) is 1.56. The van der Waals surface area contributed by atoms with Crippen LogP contribution >= 0.6 is 0 Å². The molecule has 1 rings (SSSR count). The number of ether oxygens (including phenoxy) is 1. The van der Waals surface area contributed by atoms with Gasteiger partial charge in [0.1, 0.15) is 5.75 Å². The highest BCUT2D eigenvalue weighted by molar-refractivity contribution is 6.71. The minimum absolute atomic E-state index is 0.0656. The molecule has 0 radical (unpaired) electrons. The Labute approximate surface area is 70.1 Å². The average Bonchev–Trinajstić information content (AvgIpc) is 2.03. The van der Waals surface area contributed by atoms with Crippen molar-refractivity contribution in [3.8, 4) is 5.75 Å². The Hall–Kier alpha value is -1.04. The first-order valence-corrected chi connectivity index (χ1v) is 3.50. The van der Waals surface area contributed by atoms with E-state index in [4.69, 9.17) is 19.8 Å². The number of methoxy groups -OCH3 is 1. The standard InChI is InChI=1S/C7H10BO4/c1-12-7-4-2-6(3-5-7)8(9,10)11/h2-5,9-11H,1H3/q-1. The van der Waals surface area contributed by atoms with Crippen molar-refractivity contribution in [3.05, 3.63) is 24.3 Å². The maximum atomic E-state index is 8.79. The van der Waals surface area contributed by atoms with Gasteiger partial charge in [0.05, 0.1) is 7.11 Å². The Bertz CT molecular complexity index is 251. The fourth-order valence-corrected chi connectivity index (χ4v) is 0.862. The first-order chi connectivity index (χ1) is 5.54. The zero-order valence-corrected chi connectivity index (χ0v) is 6.64. The third kappa shape index (κ3) is 1.98. The largest absolute Gasteiger partial charge is 0.556 e. The van der Waals surface area contributed by atoms with Crippen molar-refractivity contribution in [2.45, 2.75) is 0 Å². The summed E-state index contributed by atoms with van der Waals surface area (Å²) < 4.78 is 4.84. The first-order valence-electron chi connectivity index (χ1n) is 3.50. The van der Waals surface area contributed by atoms with Gasteiger partial charge in [0.25, 0.3) is 0 Å². The average molecular weight is 169 g/mol. The molecule has 1 aromatic rings. The van der Waals surface area contributed by atoms with Gasteiger partial charge in [-0.1, -0.05) is 12.1 Å². The molecular formula is C7H10BO4-. The SMILES string of the molecule is COc1ccc([B-](O)(O)O)cc1. The summed E-state index contributed by atoms with van der Waals surface area (Å²) in [6.45, 7) is -3.38. The van der Waals surface area contributed by atoms with Crippen molar-refractivity contribution < 1.29 is 19.8 Å². The molecular weight excluding hydrogens is 159 g/mol. The summed E-state index contributed by atoms with van der Waals surface area (Å²) in [6, 6.07) is 5.85. The van der Waals surface area contributed by atoms with Gasteiger partial charge in [-0.15, -0.1) is 5.46 Å². The summed E-state index contributed by atoms with van der Waals surface area (Å²) >= 11 is 0. The molecule has 1 aromatic carbocycles. The second-order valence-electron chi connectivity index (χ2n) is 2.51. The maximum absolute atomic E-state index is 8.79. The summed E-state index contributed by atoms with van der Waals surface area (Å²) in [5.41, 5.74) is 0.0656. The second-order valence-corrected chi connectivity index (χ2v) is 2.51. The molecule has 0 spiro atoms. The minimum Gasteiger partial charge on any atom is -0.556 e. The van der Waals surface area contributed by atoms with Gasteiger partial charge in [0.15, 0.2) is 0 Å². The van der Waals surface area contributed by atoms with E-state index in [9.17, 15) is 0 Å². The quantitative estimate of drug-likeness (QED) is 0.487. The summed E-state index contributed by atoms with van der Waals surface area (Å²) in [5, 5.41) is 26.4. The van der Waals surface area contributed by atoms with E-state index in [1.54, 1.807) is 0 Å². The van der Waals surface area contributed by atoms with E-state index in [0.29, 0.717) is 5.75 Å². The minimum atomic E-state index is -3.38. The van der Waals surface area contributed by atoms with Crippen molar-refractivity contribution in [1.29, 1.82) is 0 Å². The molecule has 0 saturated carbocycles. The van der Waals surface area contributed by atoms with Gasteiger partial charge in [-0.25, -0.2) is 0 Å². The van der Waals surface area contributed by atoms with Crippen molar-refractivity contribution in [3.63, 3.8) is 0 Å². The zero-order valence-electron chi connectivity index (χ0n) is 6.64. The van der Waals surface area contributed by atoms with E-state index in [-0.39, 0.29) is 5.46 Å². The van der Waals surface area contributed by atoms with E-state index in [0.717, 1.165) is 0 Å². The number of hydrogen-bond acceptors (Lipinski definition) is 4. The normalized spacial score (nSPS) is 11.3. The van der Waals surface area contributed by atoms with Gasteiger partial charge in [-0.2, -0.15) is 0 Å². The predicted molar refractivity (Wildman–Crippen MR) is 45.0 cm³/mol. The van der Waals surface area contributed by atoms with E-state index < -0.39 is 6.75 Å². The molecule has 66 valence electrons. The van der Waals surface area contributed by atoms with Gasteiger partial charge in [0, 0.05) is 0 Å². The Morgan fingerprint density at radius 2 is 1.58 bits per heavy atom. The number of rotatable bonds is 2. The highest BCUT2D eigenvalue weighted by Gasteiger charge is 2.17. The van der Waals surface area contributed by atoms with E-state index in [1.807, 2.05) is 0 Å². The Kier molecular flexibility index (Phi) is 2.37. The first kappa shape index (κ1) is 9.06. The molecule has 0 aliphatic rings. The van der Waals surface area contributed by atoms with Crippen molar-refractivity contribution in [1.82, 2.24) is 0 Å². The molecule has 0 amide bonds. The Balaban J connectivity index is 2.93. The number of benzene rings is 1. The molecule has 5 heteroatoms. The Morgan fingerprint density at radius 1 is 1.08 bits per heavy atom. The fourth-order valence-electron chi connectivity index (χ4n) is 0.862. The van der Waals surface area contributed by atoms with Crippen molar-refractivity contribution >= 4 is 12.2 Å². The van der Waals surface area contributed by atoms with E-state index in [2.05, 4.69) is 0 Å². The molecule has 4 nitrogen and oxygen atoms in total. The molecule has 0 unspecified atom stereocenters. The molecule has 0 fully saturated rings. The molecule has 0 atom stereocenters. The molecule has 0 saturated heterocycles. The monoisotopic (exact) mass is 169 g/mol. The van der Waals surface area contributed by atoms with Crippen molar-refractivity contribution in [2.75, 3.05) is 7.11 Å². The van der Waals surface area contributed by atoms with Crippen molar-refractivity contribution in [2.24, 2.45) is 0 Å². The van der Waals surface area contributed by atoms with Crippen LogP contribution in [0.2, 0.25) is 0 Å². The van der Waals surface area contributed by atoms with Gasteiger partial charge in [-0.05, 0) is 12.1 Å². The third-order valence-electron chi connectivity index (χ3n) is 1.56. The maximum Gasteiger partial charge on any atom is 0.402 e. The van der Waals surface area contributed by atoms with Crippen LogP contribution in [0.1, 0.15) is 0 Å². The highest BCUT2D eigenvalue weighted by atomic mass is 16.5. The molecule has 12 heavy (non-hydrogen) atoms. The predicted octanol–water partition coefficient (Wildman–Crippen LogP) is -1.18. The van der Waals surface area contributed by atoms with Crippen LogP contribution in [0.5, 0.6) is 5.75 Å². The van der Waals surface area contributed by atoms with Gasteiger partial charge >= 0.3 is 6.75 Å². The molecule has 0 aromatic heterocycles. The van der Waals surface area contributed by atoms with E-state index >= 15 is 0 Å². The lowest BCUT2D eigenvalue weighted by Gasteiger charge is -2.21.